The third-order valence-electron chi connectivity index (χ3n) is 2.05. The predicted octanol–water partition coefficient (Wildman–Crippen LogP) is 0.556. The summed E-state index contributed by atoms with van der Waals surface area (Å²) in [5.41, 5.74) is 1.65. The van der Waals surface area contributed by atoms with Gasteiger partial charge in [0.05, 0.1) is 25.0 Å². The molecule has 1 aromatic rings. The van der Waals surface area contributed by atoms with E-state index in [1.807, 2.05) is 14.0 Å². The van der Waals surface area contributed by atoms with Crippen molar-refractivity contribution in [3.8, 4) is 6.07 Å². The Labute approximate surface area is 88.9 Å². The first-order chi connectivity index (χ1) is 7.22. The fraction of sp³-hybridized carbons (Fsp3) is 0.600. The zero-order chi connectivity index (χ0) is 11.3. The fourth-order valence-electron chi connectivity index (χ4n) is 1.41. The number of rotatable bonds is 5. The van der Waals surface area contributed by atoms with E-state index < -0.39 is 6.10 Å². The van der Waals surface area contributed by atoms with Gasteiger partial charge in [-0.15, -0.1) is 0 Å². The lowest BCUT2D eigenvalue weighted by Gasteiger charge is -2.08. The Kier molecular flexibility index (Phi) is 4.28. The molecular formula is C10H15N3O2. The predicted molar refractivity (Wildman–Crippen MR) is 54.0 cm³/mol. The molecule has 0 aliphatic rings. The van der Waals surface area contributed by atoms with E-state index in [2.05, 4.69) is 11.2 Å². The quantitative estimate of drug-likeness (QED) is 0.769. The van der Waals surface area contributed by atoms with E-state index in [1.165, 1.54) is 0 Å². The number of ether oxygens (including phenoxy) is 1. The third-order valence-corrected chi connectivity index (χ3v) is 2.05. The smallest absolute Gasteiger partial charge is 0.172 e. The number of nitrogens with zero attached hydrogens (tertiary/aromatic N) is 3. The minimum absolute atomic E-state index is 0.0834. The largest absolute Gasteiger partial charge is 0.394 e. The average molecular weight is 209 g/mol. The number of hydrogen-bond donors (Lipinski definition) is 1. The van der Waals surface area contributed by atoms with Crippen molar-refractivity contribution in [2.75, 3.05) is 13.2 Å². The number of aliphatic hydroxyl groups excluding tert-OH is 1. The maximum absolute atomic E-state index is 8.94. The van der Waals surface area contributed by atoms with Gasteiger partial charge in [0.25, 0.3) is 0 Å². The summed E-state index contributed by atoms with van der Waals surface area (Å²) in [7, 11) is 1.81. The summed E-state index contributed by atoms with van der Waals surface area (Å²) in [5.74, 6) is 0. The monoisotopic (exact) mass is 209 g/mol. The van der Waals surface area contributed by atoms with E-state index in [0.717, 1.165) is 17.7 Å². The molecule has 1 N–H and O–H groups in total. The molecule has 0 saturated heterocycles. The zero-order valence-corrected chi connectivity index (χ0v) is 8.97. The van der Waals surface area contributed by atoms with E-state index in [1.54, 1.807) is 10.9 Å². The Hall–Kier alpha value is -1.38. The van der Waals surface area contributed by atoms with Gasteiger partial charge in [-0.05, 0) is 6.42 Å². The summed E-state index contributed by atoms with van der Waals surface area (Å²) in [6.45, 7) is 2.06. The Balaban J connectivity index is 2.86. The lowest BCUT2D eigenvalue weighted by atomic mass is 10.1. The molecule has 5 heteroatoms. The van der Waals surface area contributed by atoms with Gasteiger partial charge in [0.15, 0.2) is 6.10 Å². The van der Waals surface area contributed by atoms with Crippen LogP contribution < -0.4 is 0 Å². The molecule has 1 unspecified atom stereocenters. The molecule has 5 nitrogen and oxygen atoms in total. The van der Waals surface area contributed by atoms with Gasteiger partial charge < -0.3 is 9.84 Å². The maximum atomic E-state index is 8.94. The van der Waals surface area contributed by atoms with Crippen LogP contribution in [0.25, 0.3) is 0 Å². The number of hydrogen-bond acceptors (Lipinski definition) is 4. The van der Waals surface area contributed by atoms with Gasteiger partial charge in [0, 0.05) is 18.8 Å². The van der Waals surface area contributed by atoms with E-state index in [4.69, 9.17) is 15.1 Å². The van der Waals surface area contributed by atoms with Crippen LogP contribution in [0.1, 0.15) is 24.3 Å². The van der Waals surface area contributed by atoms with Gasteiger partial charge in [-0.2, -0.15) is 10.4 Å². The highest BCUT2D eigenvalue weighted by Crippen LogP contribution is 2.20. The summed E-state index contributed by atoms with van der Waals surface area (Å²) in [5, 5.41) is 21.8. The lowest BCUT2D eigenvalue weighted by Crippen LogP contribution is -2.07. The maximum Gasteiger partial charge on any atom is 0.172 e. The Bertz CT molecular complexity index is 354. The van der Waals surface area contributed by atoms with Crippen LogP contribution in [0.4, 0.5) is 0 Å². The molecule has 0 aromatic carbocycles. The van der Waals surface area contributed by atoms with Crippen molar-refractivity contribution < 1.29 is 9.84 Å². The topological polar surface area (TPSA) is 71.1 Å². The highest BCUT2D eigenvalue weighted by atomic mass is 16.5. The first-order valence-corrected chi connectivity index (χ1v) is 4.87. The highest BCUT2D eigenvalue weighted by molar-refractivity contribution is 5.24. The fourth-order valence-corrected chi connectivity index (χ4v) is 1.41. The molecule has 1 atom stereocenters. The molecular weight excluding hydrogens is 194 g/mol. The molecule has 0 aliphatic heterocycles. The number of aromatic nitrogens is 2. The molecule has 0 aliphatic carbocycles. The van der Waals surface area contributed by atoms with Gasteiger partial charge in [-0.25, -0.2) is 0 Å². The Morgan fingerprint density at radius 3 is 3.00 bits per heavy atom. The molecule has 0 fully saturated rings. The highest BCUT2D eigenvalue weighted by Gasteiger charge is 2.17. The molecule has 1 heterocycles. The van der Waals surface area contributed by atoms with Crippen LogP contribution in [0.5, 0.6) is 0 Å². The molecule has 0 spiro atoms. The lowest BCUT2D eigenvalue weighted by molar-refractivity contribution is 0.0577. The SMILES string of the molecule is CCc1nn(C)cc1C(C#N)OCCO. The average Bonchev–Trinajstić information content (AvgIpc) is 2.61. The Morgan fingerprint density at radius 2 is 2.47 bits per heavy atom. The second-order valence-electron chi connectivity index (χ2n) is 3.16. The van der Waals surface area contributed by atoms with Gasteiger partial charge >= 0.3 is 0 Å². The van der Waals surface area contributed by atoms with Crippen LogP contribution in [0.2, 0.25) is 0 Å². The van der Waals surface area contributed by atoms with Gasteiger partial charge in [0.1, 0.15) is 0 Å². The molecule has 0 saturated carbocycles. The van der Waals surface area contributed by atoms with Crippen molar-refractivity contribution in [3.63, 3.8) is 0 Å². The molecule has 0 amide bonds. The number of aryl methyl sites for hydroxylation is 2. The van der Waals surface area contributed by atoms with Crippen LogP contribution in [0.15, 0.2) is 6.20 Å². The first kappa shape index (κ1) is 11.7. The molecule has 0 bridgehead atoms. The van der Waals surface area contributed by atoms with E-state index in [-0.39, 0.29) is 13.2 Å². The van der Waals surface area contributed by atoms with E-state index >= 15 is 0 Å². The van der Waals surface area contributed by atoms with Gasteiger partial charge in [0.2, 0.25) is 0 Å². The van der Waals surface area contributed by atoms with Gasteiger partial charge in [-0.1, -0.05) is 6.92 Å². The van der Waals surface area contributed by atoms with Crippen molar-refractivity contribution in [3.05, 3.63) is 17.5 Å². The number of aliphatic hydroxyl groups is 1. The molecule has 15 heavy (non-hydrogen) atoms. The summed E-state index contributed by atoms with van der Waals surface area (Å²) >= 11 is 0. The standard InChI is InChI=1S/C10H15N3O2/c1-3-9-8(7-13(2)12-9)10(6-11)15-5-4-14/h7,10,14H,3-5H2,1-2H3. The van der Waals surface area contributed by atoms with Crippen molar-refractivity contribution in [1.82, 2.24) is 9.78 Å². The Morgan fingerprint density at radius 1 is 1.73 bits per heavy atom. The van der Waals surface area contributed by atoms with Crippen LogP contribution in [0, 0.1) is 11.3 Å². The van der Waals surface area contributed by atoms with E-state index in [0.29, 0.717) is 0 Å². The van der Waals surface area contributed by atoms with Crippen LogP contribution in [-0.2, 0) is 18.2 Å². The van der Waals surface area contributed by atoms with Crippen molar-refractivity contribution in [2.24, 2.45) is 7.05 Å². The summed E-state index contributed by atoms with van der Waals surface area (Å²) in [4.78, 5) is 0. The second kappa shape index (κ2) is 5.49. The van der Waals surface area contributed by atoms with Crippen molar-refractivity contribution in [2.45, 2.75) is 19.4 Å². The zero-order valence-electron chi connectivity index (χ0n) is 8.97. The normalized spacial score (nSPS) is 12.4. The number of nitriles is 1. The molecule has 82 valence electrons. The van der Waals surface area contributed by atoms with Crippen LogP contribution in [0.3, 0.4) is 0 Å². The summed E-state index contributed by atoms with van der Waals surface area (Å²) < 4.78 is 6.89. The second-order valence-corrected chi connectivity index (χ2v) is 3.16. The molecule has 0 radical (unpaired) electrons. The summed E-state index contributed by atoms with van der Waals surface area (Å²) in [6, 6.07) is 2.05. The van der Waals surface area contributed by atoms with E-state index in [9.17, 15) is 0 Å². The minimum atomic E-state index is -0.638. The first-order valence-electron chi connectivity index (χ1n) is 4.87. The molecule has 1 rings (SSSR count). The van der Waals surface area contributed by atoms with Crippen LogP contribution in [-0.4, -0.2) is 28.1 Å². The van der Waals surface area contributed by atoms with Crippen LogP contribution >= 0.6 is 0 Å². The van der Waals surface area contributed by atoms with Crippen molar-refractivity contribution >= 4 is 0 Å². The minimum Gasteiger partial charge on any atom is -0.394 e. The van der Waals surface area contributed by atoms with Crippen molar-refractivity contribution in [1.29, 1.82) is 5.26 Å². The molecule has 1 aromatic heterocycles. The van der Waals surface area contributed by atoms with Gasteiger partial charge in [-0.3, -0.25) is 4.68 Å². The third kappa shape index (κ3) is 2.78. The summed E-state index contributed by atoms with van der Waals surface area (Å²) in [6.07, 6.45) is 1.90.